The van der Waals surface area contributed by atoms with Gasteiger partial charge in [-0.05, 0) is 42.4 Å². The van der Waals surface area contributed by atoms with Crippen LogP contribution in [0.15, 0.2) is 48.5 Å². The maximum absolute atomic E-state index is 11.8. The standard InChI is InChI=1S/C19H20N2O4S/c1-24-17(22)14-10-15(18(23)25-2)12-16(11-14)21-19(26)20-9-8-13-6-4-3-5-7-13/h3-7,10-12H,8-9H2,1-2H3,(H2,20,21,26). The van der Waals surface area contributed by atoms with Crippen LogP contribution in [0.25, 0.3) is 0 Å². The number of anilines is 1. The molecule has 0 fully saturated rings. The van der Waals surface area contributed by atoms with Gasteiger partial charge in [0.15, 0.2) is 5.11 Å². The molecule has 0 bridgehead atoms. The summed E-state index contributed by atoms with van der Waals surface area (Å²) in [5, 5.41) is 6.45. The molecular weight excluding hydrogens is 352 g/mol. The number of carbonyl (C=O) groups excluding carboxylic acids is 2. The summed E-state index contributed by atoms with van der Waals surface area (Å²) in [6.07, 6.45) is 0.818. The van der Waals surface area contributed by atoms with Gasteiger partial charge < -0.3 is 20.1 Å². The van der Waals surface area contributed by atoms with Gasteiger partial charge in [0.1, 0.15) is 0 Å². The predicted molar refractivity (Wildman–Crippen MR) is 103 cm³/mol. The lowest BCUT2D eigenvalue weighted by atomic mass is 10.1. The zero-order chi connectivity index (χ0) is 18.9. The van der Waals surface area contributed by atoms with Crippen molar-refractivity contribution in [1.29, 1.82) is 0 Å². The lowest BCUT2D eigenvalue weighted by Crippen LogP contribution is -2.30. The van der Waals surface area contributed by atoms with Gasteiger partial charge in [0.05, 0.1) is 25.3 Å². The molecular formula is C19H20N2O4S. The molecule has 0 saturated carbocycles. The number of esters is 2. The van der Waals surface area contributed by atoms with Crippen LogP contribution in [-0.4, -0.2) is 37.8 Å². The summed E-state index contributed by atoms with van der Waals surface area (Å²) in [6, 6.07) is 14.6. The Bertz CT molecular complexity index is 759. The number of hydrogen-bond acceptors (Lipinski definition) is 5. The Labute approximate surface area is 157 Å². The SMILES string of the molecule is COC(=O)c1cc(NC(=S)NCCc2ccccc2)cc(C(=O)OC)c1. The van der Waals surface area contributed by atoms with E-state index in [2.05, 4.69) is 10.6 Å². The van der Waals surface area contributed by atoms with E-state index < -0.39 is 11.9 Å². The molecule has 2 N–H and O–H groups in total. The van der Waals surface area contributed by atoms with E-state index in [9.17, 15) is 9.59 Å². The fourth-order valence-corrected chi connectivity index (χ4v) is 2.53. The first kappa shape index (κ1) is 19.4. The Balaban J connectivity index is 2.03. The van der Waals surface area contributed by atoms with Gasteiger partial charge in [0.2, 0.25) is 0 Å². The van der Waals surface area contributed by atoms with E-state index in [1.165, 1.54) is 25.8 Å². The van der Waals surface area contributed by atoms with Crippen LogP contribution in [0.2, 0.25) is 0 Å². The monoisotopic (exact) mass is 372 g/mol. The second-order valence-corrected chi connectivity index (χ2v) is 5.81. The largest absolute Gasteiger partial charge is 0.465 e. The van der Waals surface area contributed by atoms with Gasteiger partial charge in [-0.1, -0.05) is 30.3 Å². The minimum Gasteiger partial charge on any atom is -0.465 e. The summed E-state index contributed by atoms with van der Waals surface area (Å²) < 4.78 is 9.42. The third-order valence-electron chi connectivity index (χ3n) is 3.58. The van der Waals surface area contributed by atoms with E-state index in [0.717, 1.165) is 6.42 Å². The summed E-state index contributed by atoms with van der Waals surface area (Å²) in [6.45, 7) is 0.649. The zero-order valence-electron chi connectivity index (χ0n) is 14.6. The highest BCUT2D eigenvalue weighted by molar-refractivity contribution is 7.80. The Morgan fingerprint density at radius 3 is 2.08 bits per heavy atom. The molecule has 0 amide bonds. The molecule has 2 aromatic carbocycles. The maximum atomic E-state index is 11.8. The Morgan fingerprint density at radius 1 is 0.962 bits per heavy atom. The van der Waals surface area contributed by atoms with Crippen LogP contribution in [0.5, 0.6) is 0 Å². The number of thiocarbonyl (C=S) groups is 1. The van der Waals surface area contributed by atoms with Crippen LogP contribution in [0.4, 0.5) is 5.69 Å². The van der Waals surface area contributed by atoms with Gasteiger partial charge in [-0.15, -0.1) is 0 Å². The molecule has 0 heterocycles. The first-order valence-electron chi connectivity index (χ1n) is 7.94. The molecule has 136 valence electrons. The number of carbonyl (C=O) groups is 2. The quantitative estimate of drug-likeness (QED) is 0.596. The molecule has 26 heavy (non-hydrogen) atoms. The van der Waals surface area contributed by atoms with Crippen molar-refractivity contribution in [3.63, 3.8) is 0 Å². The third-order valence-corrected chi connectivity index (χ3v) is 3.82. The molecule has 0 spiro atoms. The summed E-state index contributed by atoms with van der Waals surface area (Å²) in [5.74, 6) is -1.11. The smallest absolute Gasteiger partial charge is 0.337 e. The minimum atomic E-state index is -0.554. The van der Waals surface area contributed by atoms with Gasteiger partial charge in [-0.3, -0.25) is 0 Å². The zero-order valence-corrected chi connectivity index (χ0v) is 15.4. The lowest BCUT2D eigenvalue weighted by molar-refractivity contribution is 0.0599. The van der Waals surface area contributed by atoms with Gasteiger partial charge in [-0.2, -0.15) is 0 Å². The second-order valence-electron chi connectivity index (χ2n) is 5.40. The predicted octanol–water partition coefficient (Wildman–Crippen LogP) is 2.79. The molecule has 7 heteroatoms. The van der Waals surface area contributed by atoms with Crippen LogP contribution in [0.3, 0.4) is 0 Å². The molecule has 0 aliphatic rings. The van der Waals surface area contributed by atoms with E-state index in [0.29, 0.717) is 17.3 Å². The summed E-state index contributed by atoms with van der Waals surface area (Å²) >= 11 is 5.27. The van der Waals surface area contributed by atoms with Gasteiger partial charge in [-0.25, -0.2) is 9.59 Å². The van der Waals surface area contributed by atoms with Crippen LogP contribution in [0, 0.1) is 0 Å². The number of methoxy groups -OCH3 is 2. The minimum absolute atomic E-state index is 0.227. The Morgan fingerprint density at radius 2 is 1.54 bits per heavy atom. The van der Waals surface area contributed by atoms with E-state index in [1.807, 2.05) is 30.3 Å². The average molecular weight is 372 g/mol. The Kier molecular flexibility index (Phi) is 7.11. The molecule has 6 nitrogen and oxygen atoms in total. The van der Waals surface area contributed by atoms with Gasteiger partial charge in [0.25, 0.3) is 0 Å². The Hall–Kier alpha value is -2.93. The van der Waals surface area contributed by atoms with Crippen molar-refractivity contribution in [2.75, 3.05) is 26.1 Å². The normalized spacial score (nSPS) is 9.92. The third kappa shape index (κ3) is 5.56. The van der Waals surface area contributed by atoms with Crippen LogP contribution >= 0.6 is 12.2 Å². The van der Waals surface area contributed by atoms with Crippen molar-refractivity contribution in [1.82, 2.24) is 5.32 Å². The van der Waals surface area contributed by atoms with Crippen molar-refractivity contribution < 1.29 is 19.1 Å². The first-order chi connectivity index (χ1) is 12.5. The fraction of sp³-hybridized carbons (Fsp3) is 0.211. The number of ether oxygens (including phenoxy) is 2. The molecule has 0 aliphatic heterocycles. The number of nitrogens with one attached hydrogen (secondary N) is 2. The first-order valence-corrected chi connectivity index (χ1v) is 8.35. The summed E-state index contributed by atoms with van der Waals surface area (Å²) in [7, 11) is 2.55. The van der Waals surface area contributed by atoms with Gasteiger partial charge in [0, 0.05) is 12.2 Å². The molecule has 0 aromatic heterocycles. The summed E-state index contributed by atoms with van der Waals surface area (Å²) in [4.78, 5) is 23.6. The van der Waals surface area contributed by atoms with Crippen molar-refractivity contribution in [3.8, 4) is 0 Å². The molecule has 0 atom stereocenters. The van der Waals surface area contributed by atoms with Crippen molar-refractivity contribution >= 4 is 35.0 Å². The number of benzene rings is 2. The lowest BCUT2D eigenvalue weighted by Gasteiger charge is -2.12. The van der Waals surface area contributed by atoms with E-state index in [1.54, 1.807) is 12.1 Å². The van der Waals surface area contributed by atoms with Crippen LogP contribution in [0.1, 0.15) is 26.3 Å². The van der Waals surface area contributed by atoms with Gasteiger partial charge >= 0.3 is 11.9 Å². The van der Waals surface area contributed by atoms with E-state index >= 15 is 0 Å². The number of rotatable bonds is 6. The van der Waals surface area contributed by atoms with Crippen LogP contribution < -0.4 is 10.6 Å². The van der Waals surface area contributed by atoms with Crippen molar-refractivity contribution in [2.24, 2.45) is 0 Å². The molecule has 0 radical (unpaired) electrons. The molecule has 0 saturated heterocycles. The molecule has 2 rings (SSSR count). The second kappa shape index (κ2) is 9.53. The van der Waals surface area contributed by atoms with E-state index in [4.69, 9.17) is 21.7 Å². The van der Waals surface area contributed by atoms with Crippen molar-refractivity contribution in [2.45, 2.75) is 6.42 Å². The number of hydrogen-bond donors (Lipinski definition) is 2. The maximum Gasteiger partial charge on any atom is 0.337 e. The van der Waals surface area contributed by atoms with Crippen LogP contribution in [-0.2, 0) is 15.9 Å². The summed E-state index contributed by atoms with van der Waals surface area (Å²) in [5.41, 5.74) is 2.14. The highest BCUT2D eigenvalue weighted by Crippen LogP contribution is 2.17. The topological polar surface area (TPSA) is 76.7 Å². The average Bonchev–Trinajstić information content (AvgIpc) is 2.67. The highest BCUT2D eigenvalue weighted by atomic mass is 32.1. The molecule has 0 unspecified atom stereocenters. The molecule has 2 aromatic rings. The fourth-order valence-electron chi connectivity index (χ4n) is 2.31. The van der Waals surface area contributed by atoms with E-state index in [-0.39, 0.29) is 11.1 Å². The van der Waals surface area contributed by atoms with Crippen molar-refractivity contribution in [3.05, 3.63) is 65.2 Å². The molecule has 0 aliphatic carbocycles. The highest BCUT2D eigenvalue weighted by Gasteiger charge is 2.14.